The second-order valence-electron chi connectivity index (χ2n) is 20.6. The molecule has 2 atom stereocenters. The average Bonchev–Trinajstić information content (AvgIpc) is 3.98. The molecule has 0 spiro atoms. The van der Waals surface area contributed by atoms with E-state index in [-0.39, 0.29) is 45.8 Å². The number of imide groups is 1. The largest absolute Gasteiger partial charge is 0.508 e. The highest BCUT2D eigenvalue weighted by Crippen LogP contribution is 2.47. The lowest BCUT2D eigenvalue weighted by molar-refractivity contribution is -0.135. The van der Waals surface area contributed by atoms with Gasteiger partial charge in [0.05, 0.1) is 29.3 Å². The van der Waals surface area contributed by atoms with Gasteiger partial charge in [-0.25, -0.2) is 8.78 Å². The number of benzene rings is 3. The van der Waals surface area contributed by atoms with Crippen LogP contribution < -0.4 is 19.9 Å². The minimum Gasteiger partial charge on any atom is -0.508 e. The van der Waals surface area contributed by atoms with Gasteiger partial charge in [0.25, 0.3) is 5.91 Å². The summed E-state index contributed by atoms with van der Waals surface area (Å²) in [5, 5.41) is 31.2. The molecule has 362 valence electrons. The van der Waals surface area contributed by atoms with Gasteiger partial charge in [-0.3, -0.25) is 29.5 Å². The fourth-order valence-electron chi connectivity index (χ4n) is 11.4. The maximum Gasteiger partial charge on any atom is 0.319 e. The number of phenolic OH excluding ortho intramolecular Hbond substituents is 1. The van der Waals surface area contributed by atoms with Crippen LogP contribution in [0.3, 0.4) is 0 Å². The highest BCUT2D eigenvalue weighted by Gasteiger charge is 2.46. The van der Waals surface area contributed by atoms with Crippen molar-refractivity contribution in [2.24, 2.45) is 11.3 Å². The number of piperazine rings is 1. The minimum absolute atomic E-state index is 0.0165. The molecule has 17 heteroatoms. The summed E-state index contributed by atoms with van der Waals surface area (Å²) in [6.07, 6.45) is 10.2. The lowest BCUT2D eigenvalue weighted by Gasteiger charge is -2.40. The number of hydrogen-bond donors (Lipinski definition) is 3. The number of aromatic nitrogens is 5. The number of likely N-dealkylation sites (tertiary alicyclic amines) is 1. The van der Waals surface area contributed by atoms with E-state index in [1.54, 1.807) is 23.7 Å². The molecule has 0 bridgehead atoms. The van der Waals surface area contributed by atoms with Crippen molar-refractivity contribution in [3.8, 4) is 23.0 Å². The topological polar surface area (TPSA) is 165 Å². The van der Waals surface area contributed by atoms with Crippen LogP contribution in [-0.2, 0) is 16.0 Å². The number of amides is 2. The van der Waals surface area contributed by atoms with Gasteiger partial charge in [0.15, 0.2) is 5.82 Å². The summed E-state index contributed by atoms with van der Waals surface area (Å²) >= 11 is 0. The highest BCUT2D eigenvalue weighted by molar-refractivity contribution is 6.02. The number of carbonyl (C=O) groups is 2. The van der Waals surface area contributed by atoms with Crippen LogP contribution in [0.2, 0.25) is 0 Å². The number of anilines is 2. The maximum atomic E-state index is 17.1. The second kappa shape index (κ2) is 18.0. The number of nitrogens with one attached hydrogen (secondary N) is 1. The SMILES string of the molecule is CCc1c(F)ccc2cc(O)cc(-c3ncc4c(N5CCC[C@@](C)(O)C5)nc(OCC5(CN6CCC(CN7CCN(c8ccc9c(cnn9C9CCC(=O)NC9=O)c8)CC7)CC6)CC5)nc4c3F)c12. The Morgan fingerprint density at radius 2 is 1.70 bits per heavy atom. The number of β-amino-alcohol motifs (C(OH)–C–C–N with tert-alkyl or cyclic N) is 1. The Kier molecular flexibility index (Phi) is 11.9. The van der Waals surface area contributed by atoms with Crippen LogP contribution in [0.15, 0.2) is 54.9 Å². The molecular weight excluding hydrogens is 883 g/mol. The molecule has 7 heterocycles. The van der Waals surface area contributed by atoms with E-state index in [1.165, 1.54) is 18.3 Å². The molecule has 1 saturated carbocycles. The number of phenols is 1. The lowest BCUT2D eigenvalue weighted by atomic mass is 9.94. The van der Waals surface area contributed by atoms with Crippen molar-refractivity contribution >= 4 is 55.9 Å². The molecule has 11 rings (SSSR count). The molecule has 1 unspecified atom stereocenters. The number of fused-ring (bicyclic) bond motifs is 3. The van der Waals surface area contributed by atoms with Crippen LogP contribution >= 0.6 is 0 Å². The molecule has 1 aliphatic carbocycles. The number of carbonyl (C=O) groups excluding carboxylic acids is 2. The van der Waals surface area contributed by atoms with Crippen molar-refractivity contribution in [1.82, 2.24) is 39.8 Å². The second-order valence-corrected chi connectivity index (χ2v) is 20.6. The van der Waals surface area contributed by atoms with Crippen LogP contribution in [0.25, 0.3) is 43.8 Å². The van der Waals surface area contributed by atoms with Crippen molar-refractivity contribution in [1.29, 1.82) is 0 Å². The minimum atomic E-state index is -0.961. The summed E-state index contributed by atoms with van der Waals surface area (Å²) in [6.45, 7) is 12.9. The molecule has 15 nitrogen and oxygen atoms in total. The zero-order valence-electron chi connectivity index (χ0n) is 39.4. The monoisotopic (exact) mass is 942 g/mol. The zero-order chi connectivity index (χ0) is 47.6. The van der Waals surface area contributed by atoms with Gasteiger partial charge in [-0.05, 0) is 130 Å². The molecule has 4 aliphatic heterocycles. The Bertz CT molecular complexity index is 2960. The predicted octanol–water partition coefficient (Wildman–Crippen LogP) is 6.76. The number of halogens is 2. The fourth-order valence-corrected chi connectivity index (χ4v) is 11.4. The maximum absolute atomic E-state index is 17.1. The fraction of sp³-hybridized carbons (Fsp3) is 0.500. The first-order chi connectivity index (χ1) is 33.3. The Labute approximate surface area is 399 Å². The summed E-state index contributed by atoms with van der Waals surface area (Å²) in [5.41, 5.74) is 1.69. The summed E-state index contributed by atoms with van der Waals surface area (Å²) < 4.78 is 40.5. The molecule has 5 aliphatic rings. The number of aromatic hydroxyl groups is 1. The normalized spacial score (nSPS) is 22.8. The third-order valence-corrected chi connectivity index (χ3v) is 15.4. The van der Waals surface area contributed by atoms with Crippen molar-refractivity contribution in [2.75, 3.05) is 81.9 Å². The molecule has 2 amide bonds. The summed E-state index contributed by atoms with van der Waals surface area (Å²) in [4.78, 5) is 47.9. The Hall–Kier alpha value is -6.04. The molecule has 3 N–H and O–H groups in total. The number of ether oxygens (including phenoxy) is 1. The van der Waals surface area contributed by atoms with E-state index in [9.17, 15) is 19.8 Å². The molecule has 5 fully saturated rings. The van der Waals surface area contributed by atoms with Gasteiger partial charge in [-0.15, -0.1) is 0 Å². The van der Waals surface area contributed by atoms with Crippen LogP contribution in [-0.4, -0.2) is 134 Å². The van der Waals surface area contributed by atoms with E-state index in [1.807, 2.05) is 24.1 Å². The first-order valence-electron chi connectivity index (χ1n) is 24.7. The van der Waals surface area contributed by atoms with Gasteiger partial charge >= 0.3 is 6.01 Å². The van der Waals surface area contributed by atoms with Gasteiger partial charge in [-0.1, -0.05) is 13.0 Å². The molecule has 0 radical (unpaired) electrons. The van der Waals surface area contributed by atoms with Crippen molar-refractivity contribution in [3.05, 3.63) is 72.1 Å². The van der Waals surface area contributed by atoms with E-state index >= 15 is 8.78 Å². The summed E-state index contributed by atoms with van der Waals surface area (Å²) in [7, 11) is 0. The predicted molar refractivity (Wildman–Crippen MR) is 259 cm³/mol. The third kappa shape index (κ3) is 9.04. The van der Waals surface area contributed by atoms with Gasteiger partial charge in [-0.2, -0.15) is 15.1 Å². The van der Waals surface area contributed by atoms with E-state index in [2.05, 4.69) is 42.2 Å². The third-order valence-electron chi connectivity index (χ3n) is 15.4. The lowest BCUT2D eigenvalue weighted by Crippen LogP contribution is -2.49. The average molecular weight is 943 g/mol. The highest BCUT2D eigenvalue weighted by atomic mass is 19.1. The number of piperidine rings is 3. The van der Waals surface area contributed by atoms with Crippen LogP contribution in [0.1, 0.15) is 76.8 Å². The number of nitrogens with zero attached hydrogens (tertiary/aromatic N) is 9. The molecule has 69 heavy (non-hydrogen) atoms. The molecule has 4 saturated heterocycles. The van der Waals surface area contributed by atoms with E-state index in [0.717, 1.165) is 101 Å². The van der Waals surface area contributed by atoms with Crippen LogP contribution in [0.4, 0.5) is 20.3 Å². The Balaban J connectivity index is 0.731. The smallest absolute Gasteiger partial charge is 0.319 e. The number of hydrogen-bond acceptors (Lipinski definition) is 13. The number of aryl methyl sites for hydroxylation is 1. The molecule has 3 aromatic carbocycles. The summed E-state index contributed by atoms with van der Waals surface area (Å²) in [6, 6.07) is 11.8. The van der Waals surface area contributed by atoms with E-state index in [0.29, 0.717) is 78.8 Å². The van der Waals surface area contributed by atoms with Gasteiger partial charge < -0.3 is 29.6 Å². The van der Waals surface area contributed by atoms with E-state index in [4.69, 9.17) is 14.7 Å². The first kappa shape index (κ1) is 45.4. The molecular formula is C52H60F2N10O5. The van der Waals surface area contributed by atoms with E-state index < -0.39 is 23.3 Å². The number of pyridine rings is 1. The van der Waals surface area contributed by atoms with Crippen LogP contribution in [0.5, 0.6) is 11.8 Å². The molecule has 3 aromatic heterocycles. The standard InChI is InChI=1S/C52H60F2N10O5/c1-3-37-40(53)7-5-33-24-36(65)25-38(44(33)37)46-45(54)47-39(27-55-46)48(63-16-4-13-51(2,68)29-63)59-50(58-47)69-31-52(14-15-52)30-61-17-11-32(12-18-61)28-60-19-21-62(22-20-60)35-6-8-41-34(23-35)26-56-64(41)42-9-10-43(66)57-49(42)67/h5-8,23-27,32,42,65,68H,3-4,9-22,28-31H2,1-2H3,(H,57,66,67)/t42?,51-/m1/s1. The first-order valence-corrected chi connectivity index (χ1v) is 24.7. The van der Waals surface area contributed by atoms with Crippen molar-refractivity contribution in [2.45, 2.75) is 83.3 Å². The quantitative estimate of drug-likeness (QED) is 0.110. The number of rotatable bonds is 12. The Morgan fingerprint density at radius 3 is 2.45 bits per heavy atom. The zero-order valence-corrected chi connectivity index (χ0v) is 39.4. The van der Waals surface area contributed by atoms with Gasteiger partial charge in [0, 0.05) is 87.0 Å². The van der Waals surface area contributed by atoms with Crippen LogP contribution in [0, 0.1) is 23.0 Å². The van der Waals surface area contributed by atoms with Gasteiger partial charge in [0.2, 0.25) is 5.91 Å². The molecule has 6 aromatic rings. The summed E-state index contributed by atoms with van der Waals surface area (Å²) in [5.74, 6) is -0.663. The Morgan fingerprint density at radius 1 is 0.884 bits per heavy atom. The van der Waals surface area contributed by atoms with Gasteiger partial charge in [0.1, 0.15) is 34.6 Å². The number of aliphatic hydroxyl groups is 1. The van der Waals surface area contributed by atoms with Crippen molar-refractivity contribution < 1.29 is 33.3 Å². The van der Waals surface area contributed by atoms with Crippen molar-refractivity contribution in [3.63, 3.8) is 0 Å².